The minimum absolute atomic E-state index is 0.0250. The van der Waals surface area contributed by atoms with E-state index in [1.54, 1.807) is 0 Å². The van der Waals surface area contributed by atoms with Gasteiger partial charge in [-0.25, -0.2) is 9.59 Å². The van der Waals surface area contributed by atoms with Crippen LogP contribution in [0.1, 0.15) is 31.4 Å². The SMILES string of the molecule is C=C(C)C(=O)OCCCc1ccc2c(oc3c(F)c(OC(=O)C(=C)C)ccc32)c1C(F)(F)F. The molecule has 9 heteroatoms. The van der Waals surface area contributed by atoms with Gasteiger partial charge in [0.05, 0.1) is 6.61 Å². The molecule has 5 nitrogen and oxygen atoms in total. The molecule has 0 aliphatic rings. The van der Waals surface area contributed by atoms with Gasteiger partial charge in [0.25, 0.3) is 0 Å². The number of carbonyl (C=O) groups is 2. The zero-order valence-electron chi connectivity index (χ0n) is 17.9. The highest BCUT2D eigenvalue weighted by atomic mass is 19.4. The summed E-state index contributed by atoms with van der Waals surface area (Å²) in [5.41, 5.74) is -1.91. The van der Waals surface area contributed by atoms with Crippen LogP contribution < -0.4 is 4.74 Å². The van der Waals surface area contributed by atoms with E-state index in [4.69, 9.17) is 13.9 Å². The van der Waals surface area contributed by atoms with E-state index in [2.05, 4.69) is 13.2 Å². The number of fused-ring (bicyclic) bond motifs is 3. The Morgan fingerprint density at radius 2 is 1.58 bits per heavy atom. The second-order valence-electron chi connectivity index (χ2n) is 7.52. The highest BCUT2D eigenvalue weighted by Gasteiger charge is 2.37. The topological polar surface area (TPSA) is 65.7 Å². The Hall–Kier alpha value is -3.62. The van der Waals surface area contributed by atoms with E-state index in [0.717, 1.165) is 6.07 Å². The molecule has 0 aliphatic heterocycles. The predicted molar refractivity (Wildman–Crippen MR) is 113 cm³/mol. The largest absolute Gasteiger partial charge is 0.462 e. The molecule has 0 spiro atoms. The minimum Gasteiger partial charge on any atom is -0.462 e. The Balaban J connectivity index is 2.03. The molecule has 0 N–H and O–H groups in total. The summed E-state index contributed by atoms with van der Waals surface area (Å²) in [6.07, 6.45) is -4.72. The molecule has 1 aromatic heterocycles. The van der Waals surface area contributed by atoms with Crippen LogP contribution in [-0.2, 0) is 26.9 Å². The van der Waals surface area contributed by atoms with Gasteiger partial charge in [-0.05, 0) is 44.4 Å². The van der Waals surface area contributed by atoms with Gasteiger partial charge in [-0.3, -0.25) is 0 Å². The van der Waals surface area contributed by atoms with Crippen molar-refractivity contribution in [3.8, 4) is 5.75 Å². The van der Waals surface area contributed by atoms with Crippen LogP contribution in [0.5, 0.6) is 5.75 Å². The monoisotopic (exact) mass is 464 g/mol. The fourth-order valence-electron chi connectivity index (χ4n) is 3.23. The molecule has 0 fully saturated rings. The summed E-state index contributed by atoms with van der Waals surface area (Å²) in [5, 5.41) is 0.163. The molecule has 1 heterocycles. The van der Waals surface area contributed by atoms with Crippen LogP contribution in [0.15, 0.2) is 53.0 Å². The normalized spacial score (nSPS) is 11.6. The highest BCUT2D eigenvalue weighted by Crippen LogP contribution is 2.43. The molecular formula is C24H20F4O5. The molecule has 3 aromatic rings. The number of esters is 2. The van der Waals surface area contributed by atoms with Crippen LogP contribution in [0.25, 0.3) is 21.9 Å². The number of aryl methyl sites for hydroxylation is 1. The zero-order chi connectivity index (χ0) is 24.5. The van der Waals surface area contributed by atoms with Gasteiger partial charge in [0, 0.05) is 21.9 Å². The number of ether oxygens (including phenoxy) is 2. The Labute approximate surface area is 186 Å². The molecule has 0 bridgehead atoms. The quantitative estimate of drug-likeness (QED) is 0.135. The minimum atomic E-state index is -4.79. The Kier molecular flexibility index (Phi) is 6.62. The Bertz CT molecular complexity index is 1280. The summed E-state index contributed by atoms with van der Waals surface area (Å²) in [7, 11) is 0. The lowest BCUT2D eigenvalue weighted by molar-refractivity contribution is -0.140. The van der Waals surface area contributed by atoms with Gasteiger partial charge in [-0.2, -0.15) is 17.6 Å². The zero-order valence-corrected chi connectivity index (χ0v) is 17.9. The first kappa shape index (κ1) is 24.0. The molecule has 2 aromatic carbocycles. The summed E-state index contributed by atoms with van der Waals surface area (Å²) in [5.74, 6) is -3.09. The van der Waals surface area contributed by atoms with Gasteiger partial charge in [0.1, 0.15) is 11.1 Å². The maximum Gasteiger partial charge on any atom is 0.420 e. The summed E-state index contributed by atoms with van der Waals surface area (Å²) in [6.45, 7) is 9.57. The van der Waals surface area contributed by atoms with E-state index in [1.807, 2.05) is 0 Å². The average Bonchev–Trinajstić information content (AvgIpc) is 3.10. The lowest BCUT2D eigenvalue weighted by atomic mass is 9.99. The molecule has 3 rings (SSSR count). The lowest BCUT2D eigenvalue weighted by Crippen LogP contribution is -2.11. The van der Waals surface area contributed by atoms with Crippen molar-refractivity contribution >= 4 is 33.9 Å². The van der Waals surface area contributed by atoms with E-state index in [-0.39, 0.29) is 46.9 Å². The fraction of sp³-hybridized carbons (Fsp3) is 0.250. The highest BCUT2D eigenvalue weighted by molar-refractivity contribution is 6.07. The first-order valence-corrected chi connectivity index (χ1v) is 9.86. The van der Waals surface area contributed by atoms with Crippen molar-refractivity contribution in [1.82, 2.24) is 0 Å². The number of benzene rings is 2. The van der Waals surface area contributed by atoms with E-state index in [1.165, 1.54) is 32.0 Å². The molecule has 0 saturated carbocycles. The summed E-state index contributed by atoms with van der Waals surface area (Å²) < 4.78 is 71.9. The van der Waals surface area contributed by atoms with Crippen LogP contribution in [-0.4, -0.2) is 18.5 Å². The number of furan rings is 1. The second-order valence-corrected chi connectivity index (χ2v) is 7.52. The van der Waals surface area contributed by atoms with Crippen molar-refractivity contribution in [2.75, 3.05) is 6.61 Å². The molecule has 0 atom stereocenters. The molecular weight excluding hydrogens is 444 g/mol. The molecule has 33 heavy (non-hydrogen) atoms. The van der Waals surface area contributed by atoms with Gasteiger partial charge in [-0.15, -0.1) is 0 Å². The first-order chi connectivity index (χ1) is 15.4. The van der Waals surface area contributed by atoms with Gasteiger partial charge in [0.15, 0.2) is 11.3 Å². The molecule has 0 radical (unpaired) electrons. The number of rotatable bonds is 7. The number of carbonyl (C=O) groups excluding carboxylic acids is 2. The van der Waals surface area contributed by atoms with E-state index in [0.29, 0.717) is 0 Å². The predicted octanol–water partition coefficient (Wildman–Crippen LogP) is 6.28. The van der Waals surface area contributed by atoms with Crippen LogP contribution in [0.2, 0.25) is 0 Å². The molecule has 0 aliphatic carbocycles. The third kappa shape index (κ3) is 4.92. The van der Waals surface area contributed by atoms with Crippen molar-refractivity contribution in [3.63, 3.8) is 0 Å². The van der Waals surface area contributed by atoms with Crippen molar-refractivity contribution in [2.24, 2.45) is 0 Å². The molecule has 0 unspecified atom stereocenters. The first-order valence-electron chi connectivity index (χ1n) is 9.86. The third-order valence-electron chi connectivity index (χ3n) is 4.81. The van der Waals surface area contributed by atoms with Crippen LogP contribution >= 0.6 is 0 Å². The van der Waals surface area contributed by atoms with E-state index >= 15 is 0 Å². The number of hydrogen-bond acceptors (Lipinski definition) is 5. The maximum absolute atomic E-state index is 14.9. The summed E-state index contributed by atoms with van der Waals surface area (Å²) >= 11 is 0. The van der Waals surface area contributed by atoms with Crippen molar-refractivity contribution < 1.29 is 41.0 Å². The molecule has 0 amide bonds. The van der Waals surface area contributed by atoms with Gasteiger partial charge >= 0.3 is 18.1 Å². The van der Waals surface area contributed by atoms with Crippen LogP contribution in [0.4, 0.5) is 17.6 Å². The Morgan fingerprint density at radius 1 is 0.970 bits per heavy atom. The fourth-order valence-corrected chi connectivity index (χ4v) is 3.23. The average molecular weight is 464 g/mol. The smallest absolute Gasteiger partial charge is 0.420 e. The van der Waals surface area contributed by atoms with Crippen LogP contribution in [0.3, 0.4) is 0 Å². The third-order valence-corrected chi connectivity index (χ3v) is 4.81. The Morgan fingerprint density at radius 3 is 2.18 bits per heavy atom. The molecule has 0 saturated heterocycles. The molecule has 174 valence electrons. The van der Waals surface area contributed by atoms with Crippen molar-refractivity contribution in [2.45, 2.75) is 32.9 Å². The summed E-state index contributed by atoms with van der Waals surface area (Å²) in [6, 6.07) is 5.16. The van der Waals surface area contributed by atoms with Gasteiger partial charge in [0.2, 0.25) is 5.82 Å². The van der Waals surface area contributed by atoms with E-state index < -0.39 is 46.4 Å². The van der Waals surface area contributed by atoms with E-state index in [9.17, 15) is 27.2 Å². The van der Waals surface area contributed by atoms with Crippen molar-refractivity contribution in [3.05, 3.63) is 65.5 Å². The number of alkyl halides is 3. The standard InChI is InChI=1S/C24H20F4O5/c1-12(2)22(29)31-11-5-6-14-7-8-15-16-9-10-17(32-23(30)13(3)4)19(25)21(16)33-20(15)18(14)24(26,27)28/h7-10H,1,3,5-6,11H2,2,4H3. The van der Waals surface area contributed by atoms with Crippen LogP contribution in [0, 0.1) is 5.82 Å². The lowest BCUT2D eigenvalue weighted by Gasteiger charge is -2.13. The van der Waals surface area contributed by atoms with Gasteiger partial charge in [-0.1, -0.05) is 25.3 Å². The van der Waals surface area contributed by atoms with Crippen molar-refractivity contribution in [1.29, 1.82) is 0 Å². The van der Waals surface area contributed by atoms with Gasteiger partial charge < -0.3 is 13.9 Å². The number of hydrogen-bond donors (Lipinski definition) is 0. The summed E-state index contributed by atoms with van der Waals surface area (Å²) in [4.78, 5) is 23.1. The number of halogens is 4. The second kappa shape index (κ2) is 9.09. The maximum atomic E-state index is 14.9.